The summed E-state index contributed by atoms with van der Waals surface area (Å²) in [4.78, 5) is 0. The zero-order valence-corrected chi connectivity index (χ0v) is 14.6. The van der Waals surface area contributed by atoms with Gasteiger partial charge in [-0.3, -0.25) is 0 Å². The van der Waals surface area contributed by atoms with Gasteiger partial charge in [0.05, 0.1) is 26.3 Å². The van der Waals surface area contributed by atoms with Crippen LogP contribution in [0.5, 0.6) is 0 Å². The van der Waals surface area contributed by atoms with Gasteiger partial charge in [0.25, 0.3) is 0 Å². The van der Waals surface area contributed by atoms with E-state index in [2.05, 4.69) is 20.4 Å². The largest absolute Gasteiger partial charge is 0.369 e. The lowest BCUT2D eigenvalue weighted by Crippen LogP contribution is -2.24. The standard InChI is InChI=1S/C14H14Cl2N6S/c1-6-5-19-20-9-2-7(8-4-11(15)23-13(8)16)3-10(12(6)9)21-22-14(17)18/h4-5,7H,2-3H2,1H3,(H4,17,18,22). The Bertz CT molecular complexity index is 810. The minimum atomic E-state index is -0.0857. The maximum absolute atomic E-state index is 6.30. The molecule has 0 spiro atoms. The molecule has 0 bridgehead atoms. The van der Waals surface area contributed by atoms with Gasteiger partial charge < -0.3 is 11.5 Å². The predicted octanol–water partition coefficient (Wildman–Crippen LogP) is 2.86. The first kappa shape index (κ1) is 16.2. The zero-order valence-electron chi connectivity index (χ0n) is 12.3. The van der Waals surface area contributed by atoms with Gasteiger partial charge in [-0.25, -0.2) is 0 Å². The maximum atomic E-state index is 6.30. The van der Waals surface area contributed by atoms with Crippen LogP contribution in [0.25, 0.3) is 0 Å². The van der Waals surface area contributed by atoms with Crippen molar-refractivity contribution in [1.82, 2.24) is 10.2 Å². The minimum Gasteiger partial charge on any atom is -0.369 e. The van der Waals surface area contributed by atoms with E-state index in [1.165, 1.54) is 11.3 Å². The summed E-state index contributed by atoms with van der Waals surface area (Å²) in [7, 11) is 0. The summed E-state index contributed by atoms with van der Waals surface area (Å²) in [6.07, 6.45) is 3.08. The van der Waals surface area contributed by atoms with Crippen molar-refractivity contribution in [3.05, 3.63) is 43.3 Å². The number of hydrogen-bond acceptors (Lipinski definition) is 5. The summed E-state index contributed by atoms with van der Waals surface area (Å²) in [5.74, 6) is 0.0280. The molecule has 23 heavy (non-hydrogen) atoms. The fourth-order valence-corrected chi connectivity index (χ4v) is 4.39. The summed E-state index contributed by atoms with van der Waals surface area (Å²) >= 11 is 13.7. The second-order valence-electron chi connectivity index (χ2n) is 5.31. The molecule has 0 amide bonds. The van der Waals surface area contributed by atoms with Crippen molar-refractivity contribution < 1.29 is 0 Å². The zero-order chi connectivity index (χ0) is 16.6. The predicted molar refractivity (Wildman–Crippen MR) is 94.5 cm³/mol. The van der Waals surface area contributed by atoms with Gasteiger partial charge in [-0.05, 0) is 42.9 Å². The van der Waals surface area contributed by atoms with Crippen LogP contribution in [0.3, 0.4) is 0 Å². The Hall–Kier alpha value is -1.70. The third-order valence-corrected chi connectivity index (χ3v) is 5.21. The monoisotopic (exact) mass is 368 g/mol. The smallest absolute Gasteiger partial charge is 0.211 e. The summed E-state index contributed by atoms with van der Waals surface area (Å²) in [6.45, 7) is 1.97. The highest BCUT2D eigenvalue weighted by Crippen LogP contribution is 2.41. The first-order valence-electron chi connectivity index (χ1n) is 6.87. The second-order valence-corrected chi connectivity index (χ2v) is 7.59. The van der Waals surface area contributed by atoms with E-state index >= 15 is 0 Å². The summed E-state index contributed by atoms with van der Waals surface area (Å²) < 4.78 is 1.35. The average molecular weight is 369 g/mol. The summed E-state index contributed by atoms with van der Waals surface area (Å²) in [5.41, 5.74) is 15.4. The van der Waals surface area contributed by atoms with Crippen LogP contribution in [0, 0.1) is 6.92 Å². The molecule has 4 N–H and O–H groups in total. The molecule has 3 rings (SSSR count). The fourth-order valence-electron chi connectivity index (χ4n) is 2.77. The van der Waals surface area contributed by atoms with Gasteiger partial charge in [0.1, 0.15) is 0 Å². The summed E-state index contributed by atoms with van der Waals surface area (Å²) in [5, 5.41) is 16.3. The Kier molecular flexibility index (Phi) is 4.52. The Morgan fingerprint density at radius 3 is 2.78 bits per heavy atom. The maximum Gasteiger partial charge on any atom is 0.211 e. The van der Waals surface area contributed by atoms with Crippen LogP contribution in [0.1, 0.15) is 34.7 Å². The molecule has 1 aliphatic rings. The Labute approximate surface area is 147 Å². The Morgan fingerprint density at radius 1 is 1.35 bits per heavy atom. The third kappa shape index (κ3) is 3.31. The Balaban J connectivity index is 2.08. The Morgan fingerprint density at radius 2 is 2.13 bits per heavy atom. The number of aromatic nitrogens is 2. The average Bonchev–Trinajstić information content (AvgIpc) is 2.83. The van der Waals surface area contributed by atoms with Crippen LogP contribution in [0.15, 0.2) is 22.5 Å². The number of hydrogen-bond donors (Lipinski definition) is 2. The molecular formula is C14H14Cl2N6S. The highest BCUT2D eigenvalue weighted by atomic mass is 35.5. The fraction of sp³-hybridized carbons (Fsp3) is 0.286. The molecule has 2 aromatic rings. The lowest BCUT2D eigenvalue weighted by molar-refractivity contribution is 0.667. The number of guanidine groups is 1. The van der Waals surface area contributed by atoms with Gasteiger partial charge in [0.15, 0.2) is 0 Å². The van der Waals surface area contributed by atoms with E-state index in [4.69, 9.17) is 34.7 Å². The molecular weight excluding hydrogens is 355 g/mol. The van der Waals surface area contributed by atoms with Crippen LogP contribution < -0.4 is 11.5 Å². The van der Waals surface area contributed by atoms with Crippen molar-refractivity contribution in [1.29, 1.82) is 0 Å². The molecule has 1 unspecified atom stereocenters. The number of fused-ring (bicyclic) bond motifs is 1. The van der Waals surface area contributed by atoms with Crippen LogP contribution >= 0.6 is 34.5 Å². The van der Waals surface area contributed by atoms with Crippen molar-refractivity contribution in [2.45, 2.75) is 25.7 Å². The summed E-state index contributed by atoms with van der Waals surface area (Å²) in [6, 6.07) is 1.89. The second kappa shape index (κ2) is 6.43. The van der Waals surface area contributed by atoms with Crippen molar-refractivity contribution in [2.24, 2.45) is 21.7 Å². The quantitative estimate of drug-likeness (QED) is 0.483. The lowest BCUT2D eigenvalue weighted by atomic mass is 9.81. The van der Waals surface area contributed by atoms with E-state index in [1.807, 2.05) is 13.0 Å². The lowest BCUT2D eigenvalue weighted by Gasteiger charge is -2.25. The van der Waals surface area contributed by atoms with Crippen molar-refractivity contribution in [2.75, 3.05) is 0 Å². The van der Waals surface area contributed by atoms with E-state index in [9.17, 15) is 0 Å². The van der Waals surface area contributed by atoms with Crippen molar-refractivity contribution in [3.8, 4) is 0 Å². The molecule has 1 aliphatic carbocycles. The highest BCUT2D eigenvalue weighted by molar-refractivity contribution is 7.20. The van der Waals surface area contributed by atoms with Gasteiger partial charge in [0.2, 0.25) is 5.96 Å². The van der Waals surface area contributed by atoms with Crippen LogP contribution in [0.4, 0.5) is 0 Å². The normalized spacial score (nSPS) is 18.7. The molecule has 0 aromatic carbocycles. The van der Waals surface area contributed by atoms with E-state index in [0.717, 1.165) is 34.5 Å². The number of rotatable bonds is 2. The number of halogens is 2. The van der Waals surface area contributed by atoms with Gasteiger partial charge >= 0.3 is 0 Å². The van der Waals surface area contributed by atoms with Crippen LogP contribution in [0.2, 0.25) is 8.67 Å². The highest BCUT2D eigenvalue weighted by Gasteiger charge is 2.30. The molecule has 2 aromatic heterocycles. The molecule has 0 radical (unpaired) electrons. The number of nitrogens with two attached hydrogens (primary N) is 2. The minimum absolute atomic E-state index is 0.0857. The first-order chi connectivity index (χ1) is 11.0. The van der Waals surface area contributed by atoms with Gasteiger partial charge in [-0.2, -0.15) is 15.3 Å². The first-order valence-corrected chi connectivity index (χ1v) is 8.44. The van der Waals surface area contributed by atoms with E-state index in [0.29, 0.717) is 15.1 Å². The number of nitrogens with zero attached hydrogens (tertiary/aromatic N) is 4. The van der Waals surface area contributed by atoms with Gasteiger partial charge in [-0.15, -0.1) is 16.4 Å². The van der Waals surface area contributed by atoms with Crippen LogP contribution in [-0.2, 0) is 6.42 Å². The molecule has 9 heteroatoms. The van der Waals surface area contributed by atoms with Crippen molar-refractivity contribution >= 4 is 46.2 Å². The SMILES string of the molecule is Cc1cnnc2c1C(=NN=C(N)N)CC(c1cc(Cl)sc1Cl)C2. The van der Waals surface area contributed by atoms with E-state index < -0.39 is 0 Å². The number of aryl methyl sites for hydroxylation is 1. The molecule has 0 aliphatic heterocycles. The third-order valence-electron chi connectivity index (χ3n) is 3.69. The molecule has 0 fully saturated rings. The van der Waals surface area contributed by atoms with Crippen LogP contribution in [-0.4, -0.2) is 21.9 Å². The molecule has 0 saturated heterocycles. The van der Waals surface area contributed by atoms with Gasteiger partial charge in [-0.1, -0.05) is 23.2 Å². The molecule has 6 nitrogen and oxygen atoms in total. The topological polar surface area (TPSA) is 103 Å². The molecule has 1 atom stereocenters. The van der Waals surface area contributed by atoms with Gasteiger partial charge in [0, 0.05) is 5.56 Å². The molecule has 2 heterocycles. The van der Waals surface area contributed by atoms with E-state index in [-0.39, 0.29) is 11.9 Å². The van der Waals surface area contributed by atoms with Crippen molar-refractivity contribution in [3.63, 3.8) is 0 Å². The molecule has 120 valence electrons. The van der Waals surface area contributed by atoms with E-state index in [1.54, 1.807) is 6.20 Å². The molecule has 0 saturated carbocycles. The number of thiophene rings is 1.